The van der Waals surface area contributed by atoms with E-state index in [-0.39, 0.29) is 12.6 Å². The molecule has 1 aromatic rings. The number of halogens is 1. The van der Waals surface area contributed by atoms with Gasteiger partial charge in [-0.2, -0.15) is 0 Å². The fraction of sp³-hybridized carbons (Fsp3) is 0.714. The van der Waals surface area contributed by atoms with Crippen molar-refractivity contribution in [3.8, 4) is 0 Å². The molecule has 1 aromatic heterocycles. The van der Waals surface area contributed by atoms with E-state index in [0.29, 0.717) is 5.69 Å². The van der Waals surface area contributed by atoms with Crippen LogP contribution in [0.15, 0.2) is 6.20 Å². The highest BCUT2D eigenvalue weighted by Gasteiger charge is 2.11. The maximum atomic E-state index is 12.0. The number of rotatable bonds is 4. The Balaban J connectivity index is 2.70. The molecule has 0 saturated heterocycles. The van der Waals surface area contributed by atoms with Crippen molar-refractivity contribution in [2.45, 2.75) is 25.6 Å². The van der Waals surface area contributed by atoms with Gasteiger partial charge < -0.3 is 10.8 Å². The molecule has 1 unspecified atom stereocenters. The monoisotopic (exact) mass is 188 g/mol. The summed E-state index contributed by atoms with van der Waals surface area (Å²) in [6.45, 7) is 1.07. The number of aromatic nitrogens is 3. The topological polar surface area (TPSA) is 77.0 Å². The van der Waals surface area contributed by atoms with Gasteiger partial charge >= 0.3 is 0 Å². The van der Waals surface area contributed by atoms with Gasteiger partial charge in [0.15, 0.2) is 0 Å². The molecule has 0 spiro atoms. The first-order chi connectivity index (χ1) is 6.15. The number of nitrogens with two attached hydrogens (primary N) is 1. The van der Waals surface area contributed by atoms with E-state index in [4.69, 9.17) is 10.8 Å². The standard InChI is InChI=1S/C7H13FN4O/c1-5(9)7-3-10-11-12(7)4-6(13)2-8/h3,5-6,13H,2,4,9H2,1H3/t5-,6?/m0/s1. The van der Waals surface area contributed by atoms with Gasteiger partial charge in [-0.3, -0.25) is 0 Å². The van der Waals surface area contributed by atoms with E-state index in [1.807, 2.05) is 0 Å². The molecule has 0 amide bonds. The largest absolute Gasteiger partial charge is 0.388 e. The first-order valence-corrected chi connectivity index (χ1v) is 4.03. The Morgan fingerprint density at radius 3 is 3.00 bits per heavy atom. The van der Waals surface area contributed by atoms with E-state index < -0.39 is 12.8 Å². The van der Waals surface area contributed by atoms with Gasteiger partial charge in [-0.25, -0.2) is 9.07 Å². The van der Waals surface area contributed by atoms with Gasteiger partial charge in [0, 0.05) is 6.04 Å². The number of hydrogen-bond acceptors (Lipinski definition) is 4. The molecular weight excluding hydrogens is 175 g/mol. The molecule has 5 nitrogen and oxygen atoms in total. The molecule has 0 aliphatic heterocycles. The van der Waals surface area contributed by atoms with Crippen molar-refractivity contribution in [3.63, 3.8) is 0 Å². The number of nitrogens with zero attached hydrogens (tertiary/aromatic N) is 3. The van der Waals surface area contributed by atoms with Crippen LogP contribution in [0.25, 0.3) is 0 Å². The van der Waals surface area contributed by atoms with E-state index in [1.165, 1.54) is 10.9 Å². The lowest BCUT2D eigenvalue weighted by molar-refractivity contribution is 0.116. The number of aliphatic hydroxyl groups excluding tert-OH is 1. The third-order valence-corrected chi connectivity index (χ3v) is 1.68. The highest BCUT2D eigenvalue weighted by Crippen LogP contribution is 2.07. The van der Waals surface area contributed by atoms with Crippen molar-refractivity contribution in [1.82, 2.24) is 15.0 Å². The van der Waals surface area contributed by atoms with E-state index in [2.05, 4.69) is 10.3 Å². The van der Waals surface area contributed by atoms with Gasteiger partial charge in [-0.05, 0) is 6.92 Å². The highest BCUT2D eigenvalue weighted by atomic mass is 19.1. The zero-order valence-corrected chi connectivity index (χ0v) is 7.39. The predicted octanol–water partition coefficient (Wildman–Crippen LogP) is -0.372. The lowest BCUT2D eigenvalue weighted by Crippen LogP contribution is -2.22. The van der Waals surface area contributed by atoms with Gasteiger partial charge in [0.2, 0.25) is 0 Å². The molecule has 0 aromatic carbocycles. The molecule has 3 N–H and O–H groups in total. The first kappa shape index (κ1) is 10.1. The molecule has 0 radical (unpaired) electrons. The third-order valence-electron chi connectivity index (χ3n) is 1.68. The number of hydrogen-bond donors (Lipinski definition) is 2. The average Bonchev–Trinajstić information content (AvgIpc) is 2.52. The second kappa shape index (κ2) is 4.29. The van der Waals surface area contributed by atoms with E-state index in [9.17, 15) is 4.39 Å². The predicted molar refractivity (Wildman–Crippen MR) is 44.6 cm³/mol. The first-order valence-electron chi connectivity index (χ1n) is 4.03. The molecule has 6 heteroatoms. The Hall–Kier alpha value is -1.01. The summed E-state index contributed by atoms with van der Waals surface area (Å²) < 4.78 is 13.4. The summed E-state index contributed by atoms with van der Waals surface area (Å²) in [7, 11) is 0. The molecule has 13 heavy (non-hydrogen) atoms. The fourth-order valence-electron chi connectivity index (χ4n) is 1.01. The Kier molecular flexibility index (Phi) is 3.32. The second-order valence-electron chi connectivity index (χ2n) is 2.94. The number of aliphatic hydroxyl groups is 1. The van der Waals surface area contributed by atoms with Crippen LogP contribution in [-0.2, 0) is 6.54 Å². The van der Waals surface area contributed by atoms with Crippen LogP contribution in [-0.4, -0.2) is 32.9 Å². The summed E-state index contributed by atoms with van der Waals surface area (Å²) in [4.78, 5) is 0. The Morgan fingerprint density at radius 2 is 2.46 bits per heavy atom. The van der Waals surface area contributed by atoms with Crippen molar-refractivity contribution in [1.29, 1.82) is 0 Å². The van der Waals surface area contributed by atoms with Gasteiger partial charge in [-0.1, -0.05) is 5.21 Å². The summed E-state index contributed by atoms with van der Waals surface area (Å²) in [6.07, 6.45) is 0.467. The van der Waals surface area contributed by atoms with Gasteiger partial charge in [0.25, 0.3) is 0 Å². The quantitative estimate of drug-likeness (QED) is 0.675. The second-order valence-corrected chi connectivity index (χ2v) is 2.94. The molecule has 1 heterocycles. The third kappa shape index (κ3) is 2.46. The zero-order valence-electron chi connectivity index (χ0n) is 7.39. The molecule has 0 aliphatic carbocycles. The molecule has 0 bridgehead atoms. The summed E-state index contributed by atoms with van der Waals surface area (Å²) in [6, 6.07) is -0.221. The summed E-state index contributed by atoms with van der Waals surface area (Å²) in [5, 5.41) is 16.3. The summed E-state index contributed by atoms with van der Waals surface area (Å²) >= 11 is 0. The van der Waals surface area contributed by atoms with E-state index in [1.54, 1.807) is 6.92 Å². The fourth-order valence-corrected chi connectivity index (χ4v) is 1.01. The van der Waals surface area contributed by atoms with Crippen LogP contribution in [0.4, 0.5) is 4.39 Å². The van der Waals surface area contributed by atoms with Crippen LogP contribution in [0.2, 0.25) is 0 Å². The Bertz CT molecular complexity index is 263. The van der Waals surface area contributed by atoms with Gasteiger partial charge in [-0.15, -0.1) is 5.10 Å². The van der Waals surface area contributed by atoms with Crippen LogP contribution < -0.4 is 5.73 Å². The minimum absolute atomic E-state index is 0.0906. The van der Waals surface area contributed by atoms with Crippen molar-refractivity contribution in [2.24, 2.45) is 5.73 Å². The van der Waals surface area contributed by atoms with Crippen molar-refractivity contribution in [2.75, 3.05) is 6.67 Å². The maximum Gasteiger partial charge on any atom is 0.117 e. The van der Waals surface area contributed by atoms with Crippen LogP contribution in [0.1, 0.15) is 18.7 Å². The molecule has 2 atom stereocenters. The molecule has 74 valence electrons. The van der Waals surface area contributed by atoms with E-state index >= 15 is 0 Å². The van der Waals surface area contributed by atoms with Gasteiger partial charge in [0.05, 0.1) is 18.4 Å². The maximum absolute atomic E-state index is 12.0. The molecule has 0 aliphatic rings. The van der Waals surface area contributed by atoms with Crippen molar-refractivity contribution in [3.05, 3.63) is 11.9 Å². The normalized spacial score (nSPS) is 15.7. The van der Waals surface area contributed by atoms with Crippen LogP contribution in [0, 0.1) is 0 Å². The molecule has 1 rings (SSSR count). The molecule has 0 saturated carbocycles. The van der Waals surface area contributed by atoms with Crippen molar-refractivity contribution < 1.29 is 9.50 Å². The van der Waals surface area contributed by atoms with Crippen LogP contribution >= 0.6 is 0 Å². The lowest BCUT2D eigenvalue weighted by atomic mass is 10.2. The van der Waals surface area contributed by atoms with E-state index in [0.717, 1.165) is 0 Å². The van der Waals surface area contributed by atoms with Crippen LogP contribution in [0.3, 0.4) is 0 Å². The Labute approximate surface area is 75.4 Å². The SMILES string of the molecule is C[C@H](N)c1cnnn1CC(O)CF. The van der Waals surface area contributed by atoms with Gasteiger partial charge in [0.1, 0.15) is 12.8 Å². The smallest absolute Gasteiger partial charge is 0.117 e. The summed E-state index contributed by atoms with van der Waals surface area (Å²) in [5.74, 6) is 0. The average molecular weight is 188 g/mol. The summed E-state index contributed by atoms with van der Waals surface area (Å²) in [5.41, 5.74) is 6.29. The minimum atomic E-state index is -1.04. The number of alkyl halides is 1. The lowest BCUT2D eigenvalue weighted by Gasteiger charge is -2.10. The van der Waals surface area contributed by atoms with Crippen molar-refractivity contribution >= 4 is 0 Å². The molecule has 0 fully saturated rings. The zero-order chi connectivity index (χ0) is 9.84. The molecular formula is C7H13FN4O. The van der Waals surface area contributed by atoms with Crippen LogP contribution in [0.5, 0.6) is 0 Å². The Morgan fingerprint density at radius 1 is 1.77 bits per heavy atom. The minimum Gasteiger partial charge on any atom is -0.388 e. The highest BCUT2D eigenvalue weighted by molar-refractivity contribution is 4.99.